The molecule has 0 fully saturated rings. The Labute approximate surface area is 284 Å². The molecule has 0 saturated carbocycles. The lowest BCUT2D eigenvalue weighted by atomic mass is 9.98. The third-order valence-electron chi connectivity index (χ3n) is 8.74. The van der Waals surface area contributed by atoms with Crippen molar-refractivity contribution in [2.45, 2.75) is 141 Å². The zero-order chi connectivity index (χ0) is 33.7. The second-order valence-electron chi connectivity index (χ2n) is 14.0. The van der Waals surface area contributed by atoms with Crippen LogP contribution < -0.4 is 10.6 Å². The van der Waals surface area contributed by atoms with Crippen molar-refractivity contribution >= 4 is 18.0 Å². The van der Waals surface area contributed by atoms with Crippen molar-refractivity contribution in [2.24, 2.45) is 0 Å². The van der Waals surface area contributed by atoms with Gasteiger partial charge in [-0.25, -0.2) is 4.79 Å². The molecule has 0 aromatic heterocycles. The van der Waals surface area contributed by atoms with Crippen molar-refractivity contribution in [1.82, 2.24) is 10.6 Å². The SMILES string of the molecule is CC(C)(C)OC(=O)CCCCCCCCCCCCCCCCC(=O)NCCCNC(=O)OCC1c2ccccc2-c2ccccc21. The van der Waals surface area contributed by atoms with Gasteiger partial charge in [-0.2, -0.15) is 0 Å². The summed E-state index contributed by atoms with van der Waals surface area (Å²) in [7, 11) is 0. The largest absolute Gasteiger partial charge is 0.460 e. The predicted molar refractivity (Wildman–Crippen MR) is 190 cm³/mol. The van der Waals surface area contributed by atoms with E-state index in [1.54, 1.807) is 0 Å². The van der Waals surface area contributed by atoms with Crippen molar-refractivity contribution in [3.05, 3.63) is 59.7 Å². The fraction of sp³-hybridized carbons (Fsp3) is 0.625. The van der Waals surface area contributed by atoms with Gasteiger partial charge in [0.05, 0.1) is 0 Å². The lowest BCUT2D eigenvalue weighted by Crippen LogP contribution is -2.30. The van der Waals surface area contributed by atoms with Gasteiger partial charge in [0.1, 0.15) is 12.2 Å². The van der Waals surface area contributed by atoms with Gasteiger partial charge in [0.2, 0.25) is 5.91 Å². The lowest BCUT2D eigenvalue weighted by Gasteiger charge is -2.19. The molecule has 2 amide bonds. The highest BCUT2D eigenvalue weighted by Gasteiger charge is 2.29. The molecule has 1 aliphatic rings. The molecule has 1 aliphatic carbocycles. The summed E-state index contributed by atoms with van der Waals surface area (Å²) < 4.78 is 10.9. The van der Waals surface area contributed by atoms with Gasteiger partial charge in [-0.05, 0) is 62.3 Å². The van der Waals surface area contributed by atoms with Gasteiger partial charge in [-0.3, -0.25) is 9.59 Å². The Hall–Kier alpha value is -3.35. The first-order chi connectivity index (χ1) is 22.7. The zero-order valence-electron chi connectivity index (χ0n) is 29.4. The number of hydrogen-bond donors (Lipinski definition) is 2. The van der Waals surface area contributed by atoms with Crippen LogP contribution in [0.3, 0.4) is 0 Å². The maximum Gasteiger partial charge on any atom is 0.407 e. The molecule has 2 aromatic carbocycles. The van der Waals surface area contributed by atoms with E-state index in [2.05, 4.69) is 34.9 Å². The van der Waals surface area contributed by atoms with E-state index in [0.717, 1.165) is 25.7 Å². The maximum absolute atomic E-state index is 12.3. The van der Waals surface area contributed by atoms with Gasteiger partial charge >= 0.3 is 12.1 Å². The maximum atomic E-state index is 12.3. The van der Waals surface area contributed by atoms with Gasteiger partial charge in [-0.1, -0.05) is 126 Å². The molecule has 0 atom stereocenters. The van der Waals surface area contributed by atoms with Crippen LogP contribution in [0.15, 0.2) is 48.5 Å². The molecule has 0 heterocycles. The lowest BCUT2D eigenvalue weighted by molar-refractivity contribution is -0.154. The van der Waals surface area contributed by atoms with Gasteiger partial charge in [-0.15, -0.1) is 0 Å². The van der Waals surface area contributed by atoms with Gasteiger partial charge in [0.25, 0.3) is 0 Å². The second kappa shape index (κ2) is 21.5. The Morgan fingerprint density at radius 1 is 0.596 bits per heavy atom. The van der Waals surface area contributed by atoms with Crippen LogP contribution in [0, 0.1) is 0 Å². The molecular formula is C40H60N2O5. The second-order valence-corrected chi connectivity index (χ2v) is 14.0. The summed E-state index contributed by atoms with van der Waals surface area (Å²) in [5.41, 5.74) is 4.44. The van der Waals surface area contributed by atoms with Gasteiger partial charge in [0, 0.05) is 31.8 Å². The monoisotopic (exact) mass is 648 g/mol. The molecule has 0 spiro atoms. The van der Waals surface area contributed by atoms with Crippen LogP contribution in [0.25, 0.3) is 11.1 Å². The highest BCUT2D eigenvalue weighted by Crippen LogP contribution is 2.44. The Kier molecular flexibility index (Phi) is 17.4. The number of rotatable bonds is 23. The molecule has 2 aromatic rings. The van der Waals surface area contributed by atoms with Crippen molar-refractivity contribution in [3.8, 4) is 11.1 Å². The molecule has 7 nitrogen and oxygen atoms in total. The van der Waals surface area contributed by atoms with E-state index >= 15 is 0 Å². The number of hydrogen-bond acceptors (Lipinski definition) is 5. The number of esters is 1. The van der Waals surface area contributed by atoms with Crippen LogP contribution in [-0.2, 0) is 19.1 Å². The van der Waals surface area contributed by atoms with E-state index in [1.165, 1.54) is 86.5 Å². The van der Waals surface area contributed by atoms with Crippen LogP contribution in [0.2, 0.25) is 0 Å². The number of amides is 2. The summed E-state index contributed by atoms with van der Waals surface area (Å²) in [4.78, 5) is 36.2. The van der Waals surface area contributed by atoms with E-state index in [-0.39, 0.29) is 23.4 Å². The minimum atomic E-state index is -0.418. The van der Waals surface area contributed by atoms with E-state index in [9.17, 15) is 14.4 Å². The number of ether oxygens (including phenoxy) is 2. The fourth-order valence-electron chi connectivity index (χ4n) is 6.31. The molecule has 0 aliphatic heterocycles. The highest BCUT2D eigenvalue weighted by molar-refractivity contribution is 5.79. The first-order valence-corrected chi connectivity index (χ1v) is 18.3. The zero-order valence-corrected chi connectivity index (χ0v) is 29.4. The number of benzene rings is 2. The average molecular weight is 649 g/mol. The van der Waals surface area contributed by atoms with E-state index in [1.807, 2.05) is 45.0 Å². The van der Waals surface area contributed by atoms with Gasteiger partial charge < -0.3 is 20.1 Å². The minimum absolute atomic E-state index is 0.0505. The van der Waals surface area contributed by atoms with Crippen molar-refractivity contribution < 1.29 is 23.9 Å². The fourth-order valence-corrected chi connectivity index (χ4v) is 6.31. The first kappa shape index (κ1) is 38.1. The summed E-state index contributed by atoms with van der Waals surface area (Å²) in [6.45, 7) is 7.07. The van der Waals surface area contributed by atoms with Crippen molar-refractivity contribution in [2.75, 3.05) is 19.7 Å². The van der Waals surface area contributed by atoms with Gasteiger partial charge in [0.15, 0.2) is 0 Å². The topological polar surface area (TPSA) is 93.7 Å². The number of unbranched alkanes of at least 4 members (excludes halogenated alkanes) is 13. The molecule has 3 rings (SSSR count). The average Bonchev–Trinajstić information content (AvgIpc) is 3.36. The summed E-state index contributed by atoms with van der Waals surface area (Å²) >= 11 is 0. The number of carbonyl (C=O) groups excluding carboxylic acids is 3. The predicted octanol–water partition coefficient (Wildman–Crippen LogP) is 9.61. The minimum Gasteiger partial charge on any atom is -0.460 e. The number of alkyl carbamates (subject to hydrolysis) is 1. The van der Waals surface area contributed by atoms with Crippen LogP contribution in [0.5, 0.6) is 0 Å². The van der Waals surface area contributed by atoms with Crippen LogP contribution in [-0.4, -0.2) is 43.3 Å². The van der Waals surface area contributed by atoms with E-state index in [4.69, 9.17) is 9.47 Å². The number of fused-ring (bicyclic) bond motifs is 3. The van der Waals surface area contributed by atoms with Crippen molar-refractivity contribution in [1.29, 1.82) is 0 Å². The third-order valence-corrected chi connectivity index (χ3v) is 8.74. The van der Waals surface area contributed by atoms with Crippen molar-refractivity contribution in [3.63, 3.8) is 0 Å². The summed E-state index contributed by atoms with van der Waals surface area (Å²) in [5.74, 6) is 0.0679. The normalized spacial score (nSPS) is 12.3. The smallest absolute Gasteiger partial charge is 0.407 e. The number of nitrogens with one attached hydrogen (secondary N) is 2. The molecule has 260 valence electrons. The van der Waals surface area contributed by atoms with E-state index in [0.29, 0.717) is 39.0 Å². The Morgan fingerprint density at radius 2 is 1.04 bits per heavy atom. The highest BCUT2D eigenvalue weighted by atomic mass is 16.6. The molecule has 2 N–H and O–H groups in total. The first-order valence-electron chi connectivity index (χ1n) is 18.3. The molecule has 0 saturated heterocycles. The third kappa shape index (κ3) is 15.4. The van der Waals surface area contributed by atoms with Crippen LogP contribution in [0.4, 0.5) is 4.79 Å². The Bertz CT molecular complexity index is 1180. The standard InChI is InChI=1S/C40H60N2O5/c1-40(2,3)47-38(44)28-17-15-13-11-9-7-5-4-6-8-10-12-14-16-27-37(43)41-29-22-30-42-39(45)46-31-36-34-25-20-18-23-32(34)33-24-19-21-26-35(33)36/h18-21,23-26,36H,4-17,22,27-31H2,1-3H3,(H,41,43)(H,42,45). The molecule has 0 bridgehead atoms. The number of carbonyl (C=O) groups is 3. The summed E-state index contributed by atoms with van der Waals surface area (Å²) in [6, 6.07) is 16.6. The summed E-state index contributed by atoms with van der Waals surface area (Å²) in [5, 5.41) is 5.78. The molecule has 7 heteroatoms. The van der Waals surface area contributed by atoms with Crippen LogP contribution >= 0.6 is 0 Å². The quantitative estimate of drug-likeness (QED) is 0.0925. The molecule has 0 radical (unpaired) electrons. The molecule has 47 heavy (non-hydrogen) atoms. The Balaban J connectivity index is 1.06. The molecular weight excluding hydrogens is 588 g/mol. The Morgan fingerprint density at radius 3 is 1.55 bits per heavy atom. The summed E-state index contributed by atoms with van der Waals surface area (Å²) in [6.07, 6.45) is 18.2. The van der Waals surface area contributed by atoms with Crippen LogP contribution in [0.1, 0.15) is 147 Å². The molecule has 0 unspecified atom stereocenters. The van der Waals surface area contributed by atoms with E-state index < -0.39 is 6.09 Å².